The summed E-state index contributed by atoms with van der Waals surface area (Å²) in [5, 5.41) is 3.62. The van der Waals surface area contributed by atoms with Crippen molar-refractivity contribution in [1.29, 1.82) is 0 Å². The number of imidazole rings is 1. The number of hydrogen-bond acceptors (Lipinski definition) is 3. The first-order chi connectivity index (χ1) is 12.3. The normalized spacial score (nSPS) is 20.1. The van der Waals surface area contributed by atoms with Crippen LogP contribution in [0.4, 0.5) is 0 Å². The number of hydrogen-bond donors (Lipinski definition) is 1. The summed E-state index contributed by atoms with van der Waals surface area (Å²) in [6.45, 7) is 1.43. The fraction of sp³-hybridized carbons (Fsp3) is 0.500. The molecule has 132 valence electrons. The molecule has 0 spiro atoms. The Morgan fingerprint density at radius 2 is 2.24 bits per heavy atom. The van der Waals surface area contributed by atoms with Crippen LogP contribution in [0.25, 0.3) is 11.0 Å². The van der Waals surface area contributed by atoms with Crippen LogP contribution in [0.2, 0.25) is 0 Å². The van der Waals surface area contributed by atoms with Crippen molar-refractivity contribution in [2.24, 2.45) is 5.92 Å². The van der Waals surface area contributed by atoms with Crippen LogP contribution >= 0.6 is 11.8 Å². The van der Waals surface area contributed by atoms with Crippen LogP contribution in [-0.4, -0.2) is 27.3 Å². The third-order valence-corrected chi connectivity index (χ3v) is 6.16. The molecule has 1 N–H and O–H groups in total. The van der Waals surface area contributed by atoms with Crippen molar-refractivity contribution < 1.29 is 4.79 Å². The fourth-order valence-electron chi connectivity index (χ4n) is 3.31. The number of benzene rings is 1. The molecular formula is C20H25N3OS. The molecule has 0 radical (unpaired) electrons. The Morgan fingerprint density at radius 1 is 1.32 bits per heavy atom. The molecule has 1 saturated carbocycles. The monoisotopic (exact) mass is 355 g/mol. The largest absolute Gasteiger partial charge is 0.354 e. The van der Waals surface area contributed by atoms with Gasteiger partial charge in [0.05, 0.1) is 17.4 Å². The minimum absolute atomic E-state index is 0.187. The highest BCUT2D eigenvalue weighted by molar-refractivity contribution is 8.00. The van der Waals surface area contributed by atoms with E-state index in [9.17, 15) is 4.79 Å². The number of amides is 1. The first-order valence-corrected chi connectivity index (χ1v) is 10.2. The summed E-state index contributed by atoms with van der Waals surface area (Å²) < 4.78 is 2.15. The Bertz CT molecular complexity index is 778. The average Bonchev–Trinajstić information content (AvgIpc) is 3.35. The lowest BCUT2D eigenvalue weighted by Gasteiger charge is -2.15. The number of nitrogens with zero attached hydrogens (tertiary/aromatic N) is 2. The van der Waals surface area contributed by atoms with E-state index in [1.165, 1.54) is 37.0 Å². The minimum atomic E-state index is 0.187. The maximum absolute atomic E-state index is 11.8. The molecule has 0 aliphatic heterocycles. The zero-order valence-corrected chi connectivity index (χ0v) is 15.3. The molecule has 2 aliphatic carbocycles. The van der Waals surface area contributed by atoms with Crippen LogP contribution in [0, 0.1) is 5.92 Å². The van der Waals surface area contributed by atoms with Gasteiger partial charge in [-0.05, 0) is 56.2 Å². The van der Waals surface area contributed by atoms with E-state index in [0.717, 1.165) is 17.6 Å². The number of thioether (sulfide) groups is 1. The van der Waals surface area contributed by atoms with Gasteiger partial charge >= 0.3 is 0 Å². The van der Waals surface area contributed by atoms with Gasteiger partial charge in [-0.3, -0.25) is 4.79 Å². The van der Waals surface area contributed by atoms with Crippen molar-refractivity contribution in [2.45, 2.75) is 55.2 Å². The van der Waals surface area contributed by atoms with E-state index in [-0.39, 0.29) is 5.91 Å². The van der Waals surface area contributed by atoms with Crippen molar-refractivity contribution in [3.05, 3.63) is 36.7 Å². The third-order valence-electron chi connectivity index (χ3n) is 4.94. The molecule has 1 unspecified atom stereocenters. The van der Waals surface area contributed by atoms with Crippen LogP contribution in [0.15, 0.2) is 41.6 Å². The number of fused-ring (bicyclic) bond motifs is 1. The van der Waals surface area contributed by atoms with Crippen LogP contribution < -0.4 is 5.32 Å². The molecule has 25 heavy (non-hydrogen) atoms. The van der Waals surface area contributed by atoms with Gasteiger partial charge in [0.25, 0.3) is 0 Å². The second-order valence-electron chi connectivity index (χ2n) is 7.10. The SMILES string of the molecule is O=C(CC1CC1)NCCn1cnc2ccc(SC3C=CCCC3)cc21. The summed E-state index contributed by atoms with van der Waals surface area (Å²) in [5.74, 6) is 0.828. The van der Waals surface area contributed by atoms with Crippen molar-refractivity contribution in [3.63, 3.8) is 0 Å². The maximum Gasteiger partial charge on any atom is 0.220 e. The van der Waals surface area contributed by atoms with E-state index in [4.69, 9.17) is 0 Å². The van der Waals surface area contributed by atoms with Gasteiger partial charge in [-0.15, -0.1) is 11.8 Å². The highest BCUT2D eigenvalue weighted by Gasteiger charge is 2.24. The summed E-state index contributed by atoms with van der Waals surface area (Å²) in [7, 11) is 0. The summed E-state index contributed by atoms with van der Waals surface area (Å²) >= 11 is 1.94. The topological polar surface area (TPSA) is 46.9 Å². The summed E-state index contributed by atoms with van der Waals surface area (Å²) in [6, 6.07) is 6.51. The van der Waals surface area contributed by atoms with Gasteiger partial charge in [0.15, 0.2) is 0 Å². The lowest BCUT2D eigenvalue weighted by molar-refractivity contribution is -0.121. The molecule has 0 saturated heterocycles. The second kappa shape index (κ2) is 7.65. The summed E-state index contributed by atoms with van der Waals surface area (Å²) in [6.07, 6.45) is 13.4. The Kier molecular flexibility index (Phi) is 5.11. The lowest BCUT2D eigenvalue weighted by Crippen LogP contribution is -2.27. The predicted octanol–water partition coefficient (Wildman–Crippen LogP) is 4.15. The number of carbonyl (C=O) groups excluding carboxylic acids is 1. The molecule has 4 rings (SSSR count). The molecule has 2 aromatic rings. The molecule has 4 nitrogen and oxygen atoms in total. The van der Waals surface area contributed by atoms with Gasteiger partial charge in [0.1, 0.15) is 0 Å². The van der Waals surface area contributed by atoms with Gasteiger partial charge in [0.2, 0.25) is 5.91 Å². The van der Waals surface area contributed by atoms with Gasteiger partial charge in [-0.25, -0.2) is 4.98 Å². The highest BCUT2D eigenvalue weighted by Crippen LogP contribution is 2.32. The first-order valence-electron chi connectivity index (χ1n) is 9.33. The molecule has 5 heteroatoms. The van der Waals surface area contributed by atoms with Crippen molar-refractivity contribution in [2.75, 3.05) is 6.54 Å². The van der Waals surface area contributed by atoms with E-state index in [0.29, 0.717) is 24.1 Å². The van der Waals surface area contributed by atoms with Gasteiger partial charge < -0.3 is 9.88 Å². The molecule has 1 aromatic heterocycles. The number of nitrogens with one attached hydrogen (secondary N) is 1. The Hall–Kier alpha value is -1.75. The maximum atomic E-state index is 11.8. The van der Waals surface area contributed by atoms with Gasteiger partial charge in [-0.2, -0.15) is 0 Å². The molecule has 1 aromatic carbocycles. The first kappa shape index (κ1) is 16.7. The number of allylic oxidation sites excluding steroid dienone is 1. The van der Waals surface area contributed by atoms with Crippen molar-refractivity contribution in [3.8, 4) is 0 Å². The fourth-order valence-corrected chi connectivity index (χ4v) is 4.46. The zero-order valence-electron chi connectivity index (χ0n) is 14.5. The standard InChI is InChI=1S/C20H25N3OS/c24-20(12-15-6-7-15)21-10-11-23-14-22-18-9-8-17(13-19(18)23)25-16-4-2-1-3-5-16/h2,4,8-9,13-16H,1,3,5-7,10-12H2,(H,21,24). The Morgan fingerprint density at radius 3 is 3.04 bits per heavy atom. The molecule has 1 amide bonds. The Balaban J connectivity index is 1.38. The van der Waals surface area contributed by atoms with Crippen LogP contribution in [0.3, 0.4) is 0 Å². The highest BCUT2D eigenvalue weighted by atomic mass is 32.2. The van der Waals surface area contributed by atoms with Crippen molar-refractivity contribution in [1.82, 2.24) is 14.9 Å². The van der Waals surface area contributed by atoms with E-state index in [1.54, 1.807) is 0 Å². The zero-order chi connectivity index (χ0) is 17.1. The quantitative estimate of drug-likeness (QED) is 0.759. The number of carbonyl (C=O) groups is 1. The third kappa shape index (κ3) is 4.46. The molecular weight excluding hydrogens is 330 g/mol. The molecule has 1 fully saturated rings. The minimum Gasteiger partial charge on any atom is -0.354 e. The molecule has 1 atom stereocenters. The molecule has 2 aliphatic rings. The van der Waals surface area contributed by atoms with E-state index < -0.39 is 0 Å². The molecule has 0 bridgehead atoms. The smallest absolute Gasteiger partial charge is 0.220 e. The van der Waals surface area contributed by atoms with Gasteiger partial charge in [-0.1, -0.05) is 12.2 Å². The van der Waals surface area contributed by atoms with Crippen LogP contribution in [-0.2, 0) is 11.3 Å². The number of rotatable bonds is 7. The van der Waals surface area contributed by atoms with E-state index >= 15 is 0 Å². The average molecular weight is 356 g/mol. The summed E-state index contributed by atoms with van der Waals surface area (Å²) in [5.41, 5.74) is 2.18. The van der Waals surface area contributed by atoms with E-state index in [1.807, 2.05) is 18.1 Å². The van der Waals surface area contributed by atoms with Crippen molar-refractivity contribution >= 4 is 28.7 Å². The van der Waals surface area contributed by atoms with E-state index in [2.05, 4.69) is 45.2 Å². The summed E-state index contributed by atoms with van der Waals surface area (Å²) in [4.78, 5) is 17.6. The van der Waals surface area contributed by atoms with Crippen LogP contribution in [0.1, 0.15) is 38.5 Å². The van der Waals surface area contributed by atoms with Gasteiger partial charge in [0, 0.05) is 29.7 Å². The Labute approximate surface area is 153 Å². The van der Waals surface area contributed by atoms with Crippen LogP contribution in [0.5, 0.6) is 0 Å². The lowest BCUT2D eigenvalue weighted by atomic mass is 10.1. The second-order valence-corrected chi connectivity index (χ2v) is 8.41. The predicted molar refractivity (Wildman–Crippen MR) is 103 cm³/mol. The molecule has 1 heterocycles. The number of aromatic nitrogens is 2.